The van der Waals surface area contributed by atoms with Crippen LogP contribution in [0.25, 0.3) is 0 Å². The van der Waals surface area contributed by atoms with Gasteiger partial charge in [0, 0.05) is 5.92 Å². The maximum Gasteiger partial charge on any atom is 0.312 e. The molecular formula is C11H16O6. The minimum Gasteiger partial charge on any atom is -0.469 e. The molecule has 1 aliphatic carbocycles. The highest BCUT2D eigenvalue weighted by Crippen LogP contribution is 2.45. The zero-order valence-corrected chi connectivity index (χ0v) is 9.70. The van der Waals surface area contributed by atoms with Gasteiger partial charge >= 0.3 is 11.9 Å². The van der Waals surface area contributed by atoms with E-state index in [2.05, 4.69) is 4.74 Å². The first kappa shape index (κ1) is 12.3. The number of carbonyl (C=O) groups is 2. The summed E-state index contributed by atoms with van der Waals surface area (Å²) in [6.07, 6.45) is -2.10. The van der Waals surface area contributed by atoms with Crippen LogP contribution in [0.2, 0.25) is 0 Å². The Morgan fingerprint density at radius 2 is 2.06 bits per heavy atom. The molecule has 6 nitrogen and oxygen atoms in total. The molecule has 96 valence electrons. The number of esters is 2. The van der Waals surface area contributed by atoms with Crippen LogP contribution in [-0.4, -0.2) is 48.1 Å². The van der Waals surface area contributed by atoms with Crippen molar-refractivity contribution >= 4 is 11.9 Å². The number of fused-ring (bicyclic) bond motifs is 1. The van der Waals surface area contributed by atoms with E-state index in [1.54, 1.807) is 6.92 Å². The van der Waals surface area contributed by atoms with Crippen LogP contribution < -0.4 is 0 Å². The van der Waals surface area contributed by atoms with Crippen molar-refractivity contribution in [3.8, 4) is 0 Å². The molecule has 1 aliphatic heterocycles. The molecule has 0 aromatic heterocycles. The van der Waals surface area contributed by atoms with Gasteiger partial charge in [-0.3, -0.25) is 9.59 Å². The van der Waals surface area contributed by atoms with Crippen molar-refractivity contribution in [1.82, 2.24) is 0 Å². The first-order valence-electron chi connectivity index (χ1n) is 5.59. The van der Waals surface area contributed by atoms with Gasteiger partial charge in [-0.15, -0.1) is 0 Å². The van der Waals surface area contributed by atoms with Crippen LogP contribution in [0.4, 0.5) is 0 Å². The number of cyclic esters (lactones) is 1. The number of hydrogen-bond acceptors (Lipinski definition) is 6. The summed E-state index contributed by atoms with van der Waals surface area (Å²) in [5.74, 6) is -3.36. The third-order valence-corrected chi connectivity index (χ3v) is 3.91. The zero-order chi connectivity index (χ0) is 12.7. The Kier molecular flexibility index (Phi) is 3.09. The van der Waals surface area contributed by atoms with E-state index >= 15 is 0 Å². The minimum atomic E-state index is -1.09. The molecule has 2 rings (SSSR count). The van der Waals surface area contributed by atoms with Crippen LogP contribution in [0, 0.1) is 23.7 Å². The SMILES string of the molecule is COC(=O)[C@@H]1COC(=O)[C@H]2[C@@H](C)[C@H](O)[C@H](O)[C@H]21. The molecule has 0 aromatic rings. The molecule has 0 amide bonds. The van der Waals surface area contributed by atoms with Crippen LogP contribution in [0.3, 0.4) is 0 Å². The van der Waals surface area contributed by atoms with Crippen LogP contribution >= 0.6 is 0 Å². The minimum absolute atomic E-state index is 0.0941. The van der Waals surface area contributed by atoms with E-state index in [0.29, 0.717) is 0 Å². The van der Waals surface area contributed by atoms with Gasteiger partial charge < -0.3 is 19.7 Å². The molecule has 0 aromatic carbocycles. The van der Waals surface area contributed by atoms with E-state index in [1.165, 1.54) is 7.11 Å². The van der Waals surface area contributed by atoms with Crippen molar-refractivity contribution in [2.24, 2.45) is 23.7 Å². The van der Waals surface area contributed by atoms with Crippen molar-refractivity contribution in [2.45, 2.75) is 19.1 Å². The lowest BCUT2D eigenvalue weighted by molar-refractivity contribution is -0.173. The Labute approximate surface area is 98.5 Å². The predicted molar refractivity (Wildman–Crippen MR) is 54.6 cm³/mol. The molecule has 6 atom stereocenters. The van der Waals surface area contributed by atoms with Crippen molar-refractivity contribution in [3.05, 3.63) is 0 Å². The van der Waals surface area contributed by atoms with Crippen LogP contribution in [0.15, 0.2) is 0 Å². The molecule has 17 heavy (non-hydrogen) atoms. The third kappa shape index (κ3) is 1.71. The van der Waals surface area contributed by atoms with E-state index in [9.17, 15) is 19.8 Å². The molecule has 0 radical (unpaired) electrons. The van der Waals surface area contributed by atoms with Gasteiger partial charge in [-0.1, -0.05) is 6.92 Å². The molecule has 6 heteroatoms. The topological polar surface area (TPSA) is 93.1 Å². The molecule has 1 saturated carbocycles. The lowest BCUT2D eigenvalue weighted by atomic mass is 9.79. The second kappa shape index (κ2) is 4.27. The normalized spacial score (nSPS) is 45.1. The summed E-state index contributed by atoms with van der Waals surface area (Å²) in [4.78, 5) is 23.2. The Hall–Kier alpha value is -1.14. The lowest BCUT2D eigenvalue weighted by Crippen LogP contribution is -2.45. The maximum atomic E-state index is 11.6. The van der Waals surface area contributed by atoms with Gasteiger partial charge in [0.2, 0.25) is 0 Å². The van der Waals surface area contributed by atoms with E-state index in [4.69, 9.17) is 4.74 Å². The summed E-state index contributed by atoms with van der Waals surface area (Å²) in [5.41, 5.74) is 0. The van der Waals surface area contributed by atoms with Gasteiger partial charge in [0.15, 0.2) is 0 Å². The van der Waals surface area contributed by atoms with Crippen LogP contribution in [-0.2, 0) is 19.1 Å². The van der Waals surface area contributed by atoms with Crippen molar-refractivity contribution in [2.75, 3.05) is 13.7 Å². The van der Waals surface area contributed by atoms with Crippen molar-refractivity contribution in [3.63, 3.8) is 0 Å². The number of hydrogen-bond donors (Lipinski definition) is 2. The smallest absolute Gasteiger partial charge is 0.312 e. The fraction of sp³-hybridized carbons (Fsp3) is 0.818. The highest BCUT2D eigenvalue weighted by Gasteiger charge is 2.58. The average molecular weight is 244 g/mol. The first-order chi connectivity index (χ1) is 7.99. The van der Waals surface area contributed by atoms with Gasteiger partial charge in [0.05, 0.1) is 31.2 Å². The quantitative estimate of drug-likeness (QED) is 0.571. The highest BCUT2D eigenvalue weighted by atomic mass is 16.5. The lowest BCUT2D eigenvalue weighted by Gasteiger charge is -2.33. The summed E-state index contributed by atoms with van der Waals surface area (Å²) >= 11 is 0. The number of rotatable bonds is 1. The predicted octanol–water partition coefficient (Wildman–Crippen LogP) is -1.06. The van der Waals surface area contributed by atoms with E-state index < -0.39 is 47.8 Å². The summed E-state index contributed by atoms with van der Waals surface area (Å²) in [6.45, 7) is 1.57. The number of aliphatic hydroxyl groups excluding tert-OH is 2. The monoisotopic (exact) mass is 244 g/mol. The fourth-order valence-electron chi connectivity index (χ4n) is 2.93. The molecule has 2 N–H and O–H groups in total. The molecule has 0 bridgehead atoms. The summed E-state index contributed by atoms with van der Waals surface area (Å²) in [5, 5.41) is 19.7. The molecule has 2 fully saturated rings. The maximum absolute atomic E-state index is 11.6. The molecule has 0 spiro atoms. The molecule has 0 unspecified atom stereocenters. The van der Waals surface area contributed by atoms with Crippen LogP contribution in [0.1, 0.15) is 6.92 Å². The standard InChI is InChI=1S/C11H16O6/c1-4-6-7(9(13)8(4)12)5(10(14)16-2)3-17-11(6)15/h4-9,12-13H,3H2,1-2H3/t4-,5-,6+,7+,8+,9-/m1/s1. The number of ether oxygens (including phenoxy) is 2. The second-order valence-corrected chi connectivity index (χ2v) is 4.70. The number of aliphatic hydroxyl groups is 2. The Balaban J connectivity index is 2.31. The van der Waals surface area contributed by atoms with E-state index in [1.807, 2.05) is 0 Å². The van der Waals surface area contributed by atoms with Gasteiger partial charge in [0.1, 0.15) is 6.61 Å². The van der Waals surface area contributed by atoms with E-state index in [0.717, 1.165) is 0 Å². The molecule has 2 aliphatic rings. The van der Waals surface area contributed by atoms with Gasteiger partial charge in [-0.2, -0.15) is 0 Å². The molecular weight excluding hydrogens is 228 g/mol. The number of methoxy groups -OCH3 is 1. The van der Waals surface area contributed by atoms with Crippen LogP contribution in [0.5, 0.6) is 0 Å². The average Bonchev–Trinajstić information content (AvgIpc) is 2.55. The van der Waals surface area contributed by atoms with E-state index in [-0.39, 0.29) is 6.61 Å². The van der Waals surface area contributed by atoms with Crippen molar-refractivity contribution in [1.29, 1.82) is 0 Å². The summed E-state index contributed by atoms with van der Waals surface area (Å²) < 4.78 is 9.56. The summed E-state index contributed by atoms with van der Waals surface area (Å²) in [7, 11) is 1.24. The molecule has 1 heterocycles. The Morgan fingerprint density at radius 1 is 1.41 bits per heavy atom. The second-order valence-electron chi connectivity index (χ2n) is 4.70. The Morgan fingerprint density at radius 3 is 2.65 bits per heavy atom. The van der Waals surface area contributed by atoms with Gasteiger partial charge in [-0.05, 0) is 5.92 Å². The first-order valence-corrected chi connectivity index (χ1v) is 5.59. The molecule has 1 saturated heterocycles. The zero-order valence-electron chi connectivity index (χ0n) is 9.70. The number of carbonyl (C=O) groups excluding carboxylic acids is 2. The van der Waals surface area contributed by atoms with Gasteiger partial charge in [0.25, 0.3) is 0 Å². The fourth-order valence-corrected chi connectivity index (χ4v) is 2.93. The van der Waals surface area contributed by atoms with Gasteiger partial charge in [-0.25, -0.2) is 0 Å². The Bertz CT molecular complexity index is 341. The summed E-state index contributed by atoms with van der Waals surface area (Å²) in [6, 6.07) is 0. The van der Waals surface area contributed by atoms with Crippen molar-refractivity contribution < 1.29 is 29.3 Å². The largest absolute Gasteiger partial charge is 0.469 e. The third-order valence-electron chi connectivity index (χ3n) is 3.91. The highest BCUT2D eigenvalue weighted by molar-refractivity contribution is 5.80.